The summed E-state index contributed by atoms with van der Waals surface area (Å²) >= 11 is 0. The van der Waals surface area contributed by atoms with Crippen molar-refractivity contribution < 1.29 is 49.4 Å². The number of amides is 1. The van der Waals surface area contributed by atoms with Crippen LogP contribution in [0.15, 0.2) is 36.4 Å². The molecule has 0 radical (unpaired) electrons. The van der Waals surface area contributed by atoms with Gasteiger partial charge in [0.1, 0.15) is 11.6 Å². The molecule has 2 aromatic carbocycles. The van der Waals surface area contributed by atoms with Gasteiger partial charge < -0.3 is 15.3 Å². The van der Waals surface area contributed by atoms with Crippen LogP contribution in [-0.4, -0.2) is 30.0 Å². The van der Waals surface area contributed by atoms with Crippen LogP contribution < -0.4 is 10.2 Å². The third-order valence-corrected chi connectivity index (χ3v) is 7.28. The fraction of sp³-hybridized carbons (Fsp3) is 0.480. The Bertz CT molecular complexity index is 1190. The maximum absolute atomic E-state index is 14.5. The number of carbonyl (C=O) groups excluding carboxylic acids is 1. The molecule has 1 heterocycles. The average Bonchev–Trinajstić information content (AvgIpc) is 3.38. The van der Waals surface area contributed by atoms with E-state index in [1.54, 1.807) is 13.0 Å². The molecule has 2 aliphatic rings. The fourth-order valence-corrected chi connectivity index (χ4v) is 5.27. The van der Waals surface area contributed by atoms with Crippen molar-refractivity contribution in [2.75, 3.05) is 11.4 Å². The van der Waals surface area contributed by atoms with Crippen LogP contribution in [0, 0.1) is 0 Å². The van der Waals surface area contributed by atoms with E-state index < -0.39 is 59.8 Å². The van der Waals surface area contributed by atoms with Gasteiger partial charge in [0.2, 0.25) is 5.91 Å². The number of aliphatic hydroxyl groups excluding tert-OH is 1. The quantitative estimate of drug-likeness (QED) is 0.439. The second-order valence-corrected chi connectivity index (χ2v) is 9.48. The minimum absolute atomic E-state index is 0.0269. The van der Waals surface area contributed by atoms with Gasteiger partial charge in [0.15, 0.2) is 0 Å². The zero-order valence-corrected chi connectivity index (χ0v) is 19.9. The van der Waals surface area contributed by atoms with E-state index in [2.05, 4.69) is 5.32 Å². The van der Waals surface area contributed by atoms with E-state index in [0.29, 0.717) is 18.4 Å². The first-order valence-electron chi connectivity index (χ1n) is 11.7. The van der Waals surface area contributed by atoms with E-state index in [1.165, 1.54) is 12.1 Å². The summed E-state index contributed by atoms with van der Waals surface area (Å²) in [5, 5.41) is 13.8. The summed E-state index contributed by atoms with van der Waals surface area (Å²) in [7, 11) is 0. The Hall–Kier alpha value is -2.96. The molecule has 0 aromatic heterocycles. The van der Waals surface area contributed by atoms with Crippen molar-refractivity contribution in [3.8, 4) is 0 Å². The van der Waals surface area contributed by atoms with Crippen molar-refractivity contribution in [3.63, 3.8) is 0 Å². The van der Waals surface area contributed by atoms with E-state index in [4.69, 9.17) is 0 Å². The molecule has 1 aliphatic heterocycles. The Balaban J connectivity index is 1.76. The number of rotatable bonds is 4. The molecule has 38 heavy (non-hydrogen) atoms. The molecule has 2 aromatic rings. The molecular formula is C25H23F9N2O2. The van der Waals surface area contributed by atoms with Crippen molar-refractivity contribution in [3.05, 3.63) is 64.2 Å². The SMILES string of the molecule is CCC(=O)NC1CCc2cc(N3CCC(c4cc(C(F)(F)F)cc(C(F)(F)F)c4)(C(F)(F)F)[C@@H]3O)ccc21. The molecular weight excluding hydrogens is 531 g/mol. The number of aryl methyl sites for hydroxylation is 1. The molecule has 0 spiro atoms. The van der Waals surface area contributed by atoms with Gasteiger partial charge in [-0.2, -0.15) is 39.5 Å². The Morgan fingerprint density at radius 3 is 2.13 bits per heavy atom. The standard InChI is InChI=1S/C25H23F9N2O2/c1-2-20(37)35-19-6-3-13-9-17(4-5-18(13)19)36-8-7-22(21(36)38,25(32,33)34)14-10-15(23(26,27)28)12-16(11-14)24(29,30)31/h4-5,9-12,19,21,38H,2-3,6-8H2,1H3,(H,35,37)/t19?,21-,22?/m0/s1. The van der Waals surface area contributed by atoms with Gasteiger partial charge in [0, 0.05) is 18.7 Å². The number of alkyl halides is 9. The average molecular weight is 554 g/mol. The van der Waals surface area contributed by atoms with E-state index in [1.807, 2.05) is 0 Å². The minimum Gasteiger partial charge on any atom is -0.372 e. The van der Waals surface area contributed by atoms with Crippen LogP contribution in [-0.2, 0) is 29.0 Å². The molecule has 1 aliphatic carbocycles. The summed E-state index contributed by atoms with van der Waals surface area (Å²) in [4.78, 5) is 12.7. The van der Waals surface area contributed by atoms with E-state index in [9.17, 15) is 49.4 Å². The Morgan fingerprint density at radius 2 is 1.61 bits per heavy atom. The van der Waals surface area contributed by atoms with Crippen molar-refractivity contribution in [2.45, 2.75) is 68.8 Å². The van der Waals surface area contributed by atoms with E-state index >= 15 is 0 Å². The second kappa shape index (κ2) is 9.35. The number of hydrogen-bond donors (Lipinski definition) is 2. The Morgan fingerprint density at radius 1 is 1.00 bits per heavy atom. The highest BCUT2D eigenvalue weighted by Crippen LogP contribution is 2.53. The lowest BCUT2D eigenvalue weighted by atomic mass is 9.76. The lowest BCUT2D eigenvalue weighted by molar-refractivity contribution is -0.211. The lowest BCUT2D eigenvalue weighted by Crippen LogP contribution is -2.52. The third-order valence-electron chi connectivity index (χ3n) is 7.28. The third kappa shape index (κ3) is 4.80. The van der Waals surface area contributed by atoms with Gasteiger partial charge in [0.05, 0.1) is 17.2 Å². The molecule has 208 valence electrons. The molecule has 2 unspecified atom stereocenters. The molecule has 0 saturated carbocycles. The number of aliphatic hydroxyl groups is 1. The molecule has 0 bridgehead atoms. The van der Waals surface area contributed by atoms with Crippen molar-refractivity contribution in [1.82, 2.24) is 5.32 Å². The Labute approximate surface area is 211 Å². The van der Waals surface area contributed by atoms with Crippen molar-refractivity contribution in [2.24, 2.45) is 0 Å². The molecule has 13 heteroatoms. The number of nitrogens with one attached hydrogen (secondary N) is 1. The van der Waals surface area contributed by atoms with Gasteiger partial charge in [0.25, 0.3) is 0 Å². The topological polar surface area (TPSA) is 52.6 Å². The molecule has 4 rings (SSSR count). The first-order valence-corrected chi connectivity index (χ1v) is 11.7. The molecule has 1 amide bonds. The number of fused-ring (bicyclic) bond motifs is 1. The van der Waals surface area contributed by atoms with Crippen LogP contribution in [0.1, 0.15) is 60.0 Å². The fourth-order valence-electron chi connectivity index (χ4n) is 5.27. The highest BCUT2D eigenvalue weighted by molar-refractivity contribution is 5.76. The summed E-state index contributed by atoms with van der Waals surface area (Å²) in [5.74, 6) is -0.184. The second-order valence-electron chi connectivity index (χ2n) is 9.48. The van der Waals surface area contributed by atoms with Crippen LogP contribution in [0.25, 0.3) is 0 Å². The van der Waals surface area contributed by atoms with E-state index in [0.717, 1.165) is 10.5 Å². The summed E-state index contributed by atoms with van der Waals surface area (Å²) in [6, 6.07) is 4.04. The number of nitrogens with zero attached hydrogens (tertiary/aromatic N) is 1. The monoisotopic (exact) mass is 554 g/mol. The van der Waals surface area contributed by atoms with Crippen LogP contribution in [0.5, 0.6) is 0 Å². The van der Waals surface area contributed by atoms with Gasteiger partial charge in [-0.05, 0) is 66.3 Å². The maximum Gasteiger partial charge on any atom is 0.416 e. The zero-order valence-electron chi connectivity index (χ0n) is 19.9. The highest BCUT2D eigenvalue weighted by Gasteiger charge is 2.65. The smallest absolute Gasteiger partial charge is 0.372 e. The first kappa shape index (κ1) is 28.1. The predicted molar refractivity (Wildman–Crippen MR) is 118 cm³/mol. The van der Waals surface area contributed by atoms with Gasteiger partial charge in [-0.3, -0.25) is 4.79 Å². The van der Waals surface area contributed by atoms with E-state index in [-0.39, 0.29) is 42.3 Å². The summed E-state index contributed by atoms with van der Waals surface area (Å²) < 4.78 is 124. The number of carbonyl (C=O) groups is 1. The number of anilines is 1. The molecule has 2 N–H and O–H groups in total. The summed E-state index contributed by atoms with van der Waals surface area (Å²) in [5.41, 5.74) is -6.93. The predicted octanol–water partition coefficient (Wildman–Crippen LogP) is 6.27. The van der Waals surface area contributed by atoms with Gasteiger partial charge in [-0.1, -0.05) is 13.0 Å². The number of benzene rings is 2. The molecule has 1 saturated heterocycles. The largest absolute Gasteiger partial charge is 0.416 e. The Kier molecular flexibility index (Phi) is 6.90. The number of hydrogen-bond acceptors (Lipinski definition) is 3. The first-order chi connectivity index (χ1) is 17.5. The lowest BCUT2D eigenvalue weighted by Gasteiger charge is -2.38. The van der Waals surface area contributed by atoms with Gasteiger partial charge in [-0.15, -0.1) is 0 Å². The maximum atomic E-state index is 14.5. The normalized spacial score (nSPS) is 24.0. The molecule has 1 fully saturated rings. The number of halogens is 9. The highest BCUT2D eigenvalue weighted by atomic mass is 19.4. The zero-order chi connectivity index (χ0) is 28.3. The van der Waals surface area contributed by atoms with Crippen LogP contribution in [0.4, 0.5) is 45.2 Å². The minimum atomic E-state index is -5.39. The molecule has 4 nitrogen and oxygen atoms in total. The van der Waals surface area contributed by atoms with Gasteiger partial charge >= 0.3 is 18.5 Å². The van der Waals surface area contributed by atoms with Crippen molar-refractivity contribution in [1.29, 1.82) is 0 Å². The summed E-state index contributed by atoms with van der Waals surface area (Å²) in [6.07, 6.45) is -18.3. The van der Waals surface area contributed by atoms with Crippen LogP contribution in [0.3, 0.4) is 0 Å². The summed E-state index contributed by atoms with van der Waals surface area (Å²) in [6.45, 7) is 1.20. The van der Waals surface area contributed by atoms with Crippen LogP contribution >= 0.6 is 0 Å². The van der Waals surface area contributed by atoms with Gasteiger partial charge in [-0.25, -0.2) is 0 Å². The van der Waals surface area contributed by atoms with Crippen LogP contribution in [0.2, 0.25) is 0 Å². The van der Waals surface area contributed by atoms with Crippen molar-refractivity contribution >= 4 is 11.6 Å². The molecule has 3 atom stereocenters.